The third-order valence-electron chi connectivity index (χ3n) is 7.08. The molecular weight excluding hydrogens is 376 g/mol. The number of hydrogen-bond acceptors (Lipinski definition) is 4. The van der Waals surface area contributed by atoms with Crippen molar-refractivity contribution >= 4 is 11.9 Å². The van der Waals surface area contributed by atoms with Crippen molar-refractivity contribution in [3.05, 3.63) is 59.2 Å². The van der Waals surface area contributed by atoms with Crippen molar-refractivity contribution in [3.8, 4) is 17.2 Å². The zero-order valence-corrected chi connectivity index (χ0v) is 17.8. The highest BCUT2D eigenvalue weighted by atomic mass is 16.5. The van der Waals surface area contributed by atoms with E-state index in [0.717, 1.165) is 36.8 Å². The van der Waals surface area contributed by atoms with Crippen LogP contribution in [0, 0.1) is 5.92 Å². The molecule has 0 amide bonds. The fraction of sp³-hybridized carbons (Fsp3) is 0.423. The normalized spacial score (nSPS) is 28.4. The highest BCUT2D eigenvalue weighted by Crippen LogP contribution is 2.60. The van der Waals surface area contributed by atoms with Gasteiger partial charge in [0.15, 0.2) is 5.78 Å². The molecule has 1 unspecified atom stereocenters. The van der Waals surface area contributed by atoms with Crippen LogP contribution in [0.3, 0.4) is 0 Å². The molecule has 2 aromatic carbocycles. The summed E-state index contributed by atoms with van der Waals surface area (Å²) in [5.41, 5.74) is 1.49. The van der Waals surface area contributed by atoms with Crippen LogP contribution in [0.15, 0.2) is 42.5 Å². The van der Waals surface area contributed by atoms with Gasteiger partial charge >= 0.3 is 0 Å². The van der Waals surface area contributed by atoms with E-state index in [9.17, 15) is 9.90 Å². The minimum absolute atomic E-state index is 0.0806. The summed E-state index contributed by atoms with van der Waals surface area (Å²) >= 11 is 0. The molecule has 1 N–H and O–H groups in total. The lowest BCUT2D eigenvalue weighted by Gasteiger charge is -2.49. The number of phenolic OH excluding ortho intramolecular Hbond substituents is 1. The molecule has 0 aromatic heterocycles. The summed E-state index contributed by atoms with van der Waals surface area (Å²) in [4.78, 5) is 13.2. The van der Waals surface area contributed by atoms with Crippen molar-refractivity contribution in [1.82, 2.24) is 0 Å². The molecule has 1 fully saturated rings. The molecule has 4 nitrogen and oxygen atoms in total. The van der Waals surface area contributed by atoms with Crippen LogP contribution in [0.1, 0.15) is 73.9 Å². The van der Waals surface area contributed by atoms with Crippen LogP contribution in [-0.2, 0) is 0 Å². The topological polar surface area (TPSA) is 55.8 Å². The van der Waals surface area contributed by atoms with Crippen molar-refractivity contribution in [2.75, 3.05) is 0 Å². The number of carbonyl (C=O) groups is 1. The fourth-order valence-electron chi connectivity index (χ4n) is 5.67. The molecule has 156 valence electrons. The van der Waals surface area contributed by atoms with E-state index in [0.29, 0.717) is 17.4 Å². The third-order valence-corrected chi connectivity index (χ3v) is 7.08. The van der Waals surface area contributed by atoms with E-state index in [1.54, 1.807) is 12.1 Å². The number of phenols is 1. The number of allylic oxidation sites excluding steroid dienone is 1. The monoisotopic (exact) mass is 404 g/mol. The Morgan fingerprint density at radius 1 is 1.17 bits per heavy atom. The molecule has 0 spiro atoms. The minimum Gasteiger partial charge on any atom is -0.507 e. The number of rotatable bonds is 3. The quantitative estimate of drug-likeness (QED) is 0.512. The highest BCUT2D eigenvalue weighted by Gasteiger charge is 2.53. The Morgan fingerprint density at radius 3 is 2.70 bits per heavy atom. The number of carbonyl (C=O) groups excluding carboxylic acids is 1. The number of ketones is 1. The minimum atomic E-state index is -0.413. The molecule has 0 radical (unpaired) electrons. The van der Waals surface area contributed by atoms with Gasteiger partial charge in [-0.15, -0.1) is 0 Å². The van der Waals surface area contributed by atoms with Gasteiger partial charge in [0.25, 0.3) is 0 Å². The molecule has 30 heavy (non-hydrogen) atoms. The van der Waals surface area contributed by atoms with Gasteiger partial charge in [0.05, 0.1) is 0 Å². The van der Waals surface area contributed by atoms with Crippen LogP contribution in [0.2, 0.25) is 0 Å². The van der Waals surface area contributed by atoms with Gasteiger partial charge in [-0.25, -0.2) is 0 Å². The second kappa shape index (κ2) is 6.63. The second-order valence-electron chi connectivity index (χ2n) is 9.69. The molecule has 3 atom stereocenters. The Kier molecular flexibility index (Phi) is 4.25. The van der Waals surface area contributed by atoms with Gasteiger partial charge < -0.3 is 14.6 Å². The van der Waals surface area contributed by atoms with Crippen LogP contribution in [0.4, 0.5) is 0 Å². The van der Waals surface area contributed by atoms with Crippen molar-refractivity contribution in [1.29, 1.82) is 0 Å². The smallest absolute Gasteiger partial charge is 0.193 e. The molecule has 2 bridgehead atoms. The average Bonchev–Trinajstić information content (AvgIpc) is 2.83. The molecular formula is C26H28O4. The van der Waals surface area contributed by atoms with Crippen LogP contribution in [0.25, 0.3) is 6.08 Å². The zero-order valence-electron chi connectivity index (χ0n) is 17.8. The Bertz CT molecular complexity index is 1040. The van der Waals surface area contributed by atoms with E-state index in [1.807, 2.05) is 30.3 Å². The summed E-state index contributed by atoms with van der Waals surface area (Å²) < 4.78 is 12.9. The van der Waals surface area contributed by atoms with Crippen molar-refractivity contribution in [2.45, 2.75) is 63.6 Å². The first kappa shape index (κ1) is 19.2. The van der Waals surface area contributed by atoms with Crippen molar-refractivity contribution in [3.63, 3.8) is 0 Å². The molecule has 4 heteroatoms. The predicted octanol–water partition coefficient (Wildman–Crippen LogP) is 5.88. The van der Waals surface area contributed by atoms with E-state index < -0.39 is 5.60 Å². The first-order chi connectivity index (χ1) is 14.3. The molecule has 1 saturated carbocycles. The standard InChI is InChI=1S/C26H28O4/c1-25(2)18-10-7-13-26(3)15-17(18)22-21(29-26)14-20(28)23(24(22)30-25)19(27)12-11-16-8-5-4-6-9-16/h4-6,8-9,11-12,14,17-18,28H,7,10,13,15H2,1-3H3/b12-11+/t17?,18-,26+/m0/s1. The summed E-state index contributed by atoms with van der Waals surface area (Å²) in [6.45, 7) is 6.38. The van der Waals surface area contributed by atoms with Gasteiger partial charge in [0.1, 0.15) is 34.0 Å². The maximum Gasteiger partial charge on any atom is 0.193 e. The van der Waals surface area contributed by atoms with Crippen LogP contribution in [0.5, 0.6) is 17.2 Å². The van der Waals surface area contributed by atoms with Gasteiger partial charge in [0, 0.05) is 23.5 Å². The van der Waals surface area contributed by atoms with Gasteiger partial charge in [0.2, 0.25) is 0 Å². The maximum atomic E-state index is 13.2. The Labute approximate surface area is 177 Å². The summed E-state index contributed by atoms with van der Waals surface area (Å²) in [5, 5.41) is 10.8. The first-order valence-electron chi connectivity index (χ1n) is 10.8. The van der Waals surface area contributed by atoms with Gasteiger partial charge in [-0.2, -0.15) is 0 Å². The van der Waals surface area contributed by atoms with Crippen molar-refractivity contribution in [2.24, 2.45) is 5.92 Å². The van der Waals surface area contributed by atoms with Crippen LogP contribution < -0.4 is 9.47 Å². The maximum absolute atomic E-state index is 13.2. The number of hydrogen-bond donors (Lipinski definition) is 1. The first-order valence-corrected chi connectivity index (χ1v) is 10.8. The molecule has 2 heterocycles. The van der Waals surface area contributed by atoms with Crippen LogP contribution >= 0.6 is 0 Å². The second-order valence-corrected chi connectivity index (χ2v) is 9.69. The Hall–Kier alpha value is -2.75. The van der Waals surface area contributed by atoms with E-state index >= 15 is 0 Å². The van der Waals surface area contributed by atoms with Gasteiger partial charge in [-0.1, -0.05) is 36.4 Å². The largest absolute Gasteiger partial charge is 0.507 e. The number of benzene rings is 2. The number of aromatic hydroxyl groups is 1. The average molecular weight is 405 g/mol. The highest BCUT2D eigenvalue weighted by molar-refractivity contribution is 6.11. The van der Waals surface area contributed by atoms with E-state index in [1.165, 1.54) is 6.08 Å². The van der Waals surface area contributed by atoms with Crippen LogP contribution in [-0.4, -0.2) is 22.1 Å². The lowest BCUT2D eigenvalue weighted by Crippen LogP contribution is -2.48. The van der Waals surface area contributed by atoms with E-state index in [2.05, 4.69) is 20.8 Å². The lowest BCUT2D eigenvalue weighted by molar-refractivity contribution is -0.0196. The number of ether oxygens (including phenoxy) is 2. The van der Waals surface area contributed by atoms with Gasteiger partial charge in [-0.3, -0.25) is 4.79 Å². The van der Waals surface area contributed by atoms with Gasteiger partial charge in [-0.05, 0) is 58.1 Å². The SMILES string of the molecule is CC1(C)Oc2c(C(=O)/C=C/c3ccccc3)c(O)cc3c2C2C[C@@](C)(CCC[C@@H]21)O3. The molecule has 0 saturated heterocycles. The predicted molar refractivity (Wildman–Crippen MR) is 116 cm³/mol. The number of fused-ring (bicyclic) bond motifs is 1. The Morgan fingerprint density at radius 2 is 1.93 bits per heavy atom. The molecule has 2 aromatic rings. The van der Waals surface area contributed by atoms with Crippen molar-refractivity contribution < 1.29 is 19.4 Å². The summed E-state index contributed by atoms with van der Waals surface area (Å²) in [6, 6.07) is 11.3. The van der Waals surface area contributed by atoms with E-state index in [-0.39, 0.29) is 28.6 Å². The van der Waals surface area contributed by atoms with E-state index in [4.69, 9.17) is 9.47 Å². The molecule has 2 aliphatic heterocycles. The third kappa shape index (κ3) is 3.01. The zero-order chi connectivity index (χ0) is 21.1. The summed E-state index contributed by atoms with van der Waals surface area (Å²) in [6.07, 6.45) is 7.36. The molecule has 5 rings (SSSR count). The fourth-order valence-corrected chi connectivity index (χ4v) is 5.67. The molecule has 3 aliphatic rings. The molecule has 1 aliphatic carbocycles. The lowest BCUT2D eigenvalue weighted by atomic mass is 9.68. The Balaban J connectivity index is 1.64. The summed E-state index contributed by atoms with van der Waals surface area (Å²) in [5.74, 6) is 1.47. The summed E-state index contributed by atoms with van der Waals surface area (Å²) in [7, 11) is 0.